The molecule has 0 unspecified atom stereocenters. The first-order valence-corrected chi connectivity index (χ1v) is 7.76. The van der Waals surface area contributed by atoms with E-state index < -0.39 is 11.7 Å². The lowest BCUT2D eigenvalue weighted by molar-refractivity contribution is -0.137. The number of carbonyl (C=O) groups excluding carboxylic acids is 1. The zero-order valence-electron chi connectivity index (χ0n) is 13.2. The number of amides is 1. The quantitative estimate of drug-likeness (QED) is 0.866. The van der Waals surface area contributed by atoms with Gasteiger partial charge in [-0.15, -0.1) is 0 Å². The Hall–Kier alpha value is -1.56. The first-order valence-electron chi connectivity index (χ1n) is 7.76. The Morgan fingerprint density at radius 1 is 1.22 bits per heavy atom. The van der Waals surface area contributed by atoms with Gasteiger partial charge in [0.15, 0.2) is 0 Å². The fourth-order valence-electron chi connectivity index (χ4n) is 3.15. The number of carbonyl (C=O) groups is 1. The van der Waals surface area contributed by atoms with Gasteiger partial charge in [0.2, 0.25) is 5.91 Å². The van der Waals surface area contributed by atoms with Gasteiger partial charge in [0.1, 0.15) is 0 Å². The van der Waals surface area contributed by atoms with Gasteiger partial charge < -0.3 is 10.1 Å². The Morgan fingerprint density at radius 2 is 1.83 bits per heavy atom. The van der Waals surface area contributed by atoms with Gasteiger partial charge >= 0.3 is 6.18 Å². The second-order valence-corrected chi connectivity index (χ2v) is 6.29. The lowest BCUT2D eigenvalue weighted by Crippen LogP contribution is -2.39. The molecule has 1 amide bonds. The summed E-state index contributed by atoms with van der Waals surface area (Å²) in [6.45, 7) is 1.17. The molecule has 0 spiro atoms. The number of methoxy groups -OCH3 is 1. The van der Waals surface area contributed by atoms with E-state index in [0.717, 1.165) is 37.8 Å². The van der Waals surface area contributed by atoms with Crippen molar-refractivity contribution in [2.24, 2.45) is 5.41 Å². The summed E-state index contributed by atoms with van der Waals surface area (Å²) >= 11 is 0. The first-order chi connectivity index (χ1) is 10.8. The van der Waals surface area contributed by atoms with E-state index in [1.165, 1.54) is 12.1 Å². The minimum absolute atomic E-state index is 0.00452. The Bertz CT molecular complexity index is 520. The lowest BCUT2D eigenvalue weighted by atomic mass is 9.87. The van der Waals surface area contributed by atoms with Crippen LogP contribution in [0.2, 0.25) is 0 Å². The van der Waals surface area contributed by atoms with Crippen molar-refractivity contribution in [1.29, 1.82) is 0 Å². The molecular formula is C17H22F3NO2. The van der Waals surface area contributed by atoms with E-state index in [1.807, 2.05) is 0 Å². The molecule has 3 nitrogen and oxygen atoms in total. The maximum absolute atomic E-state index is 12.5. The minimum Gasteiger partial charge on any atom is -0.384 e. The maximum Gasteiger partial charge on any atom is 0.416 e. The van der Waals surface area contributed by atoms with Crippen LogP contribution in [0, 0.1) is 5.41 Å². The third kappa shape index (κ3) is 4.96. The summed E-state index contributed by atoms with van der Waals surface area (Å²) in [5.74, 6) is -0.174. The van der Waals surface area contributed by atoms with Crippen molar-refractivity contribution in [1.82, 2.24) is 5.32 Å². The van der Waals surface area contributed by atoms with Crippen LogP contribution in [-0.4, -0.2) is 26.2 Å². The van der Waals surface area contributed by atoms with Crippen LogP contribution in [0.4, 0.5) is 13.2 Å². The number of hydrogen-bond acceptors (Lipinski definition) is 2. The van der Waals surface area contributed by atoms with E-state index in [2.05, 4.69) is 5.32 Å². The highest BCUT2D eigenvalue weighted by atomic mass is 19.4. The number of nitrogens with one attached hydrogen (secondary N) is 1. The fourth-order valence-corrected chi connectivity index (χ4v) is 3.15. The van der Waals surface area contributed by atoms with Gasteiger partial charge in [0.05, 0.1) is 18.6 Å². The Balaban J connectivity index is 1.87. The van der Waals surface area contributed by atoms with Gasteiger partial charge in [-0.25, -0.2) is 0 Å². The van der Waals surface area contributed by atoms with Crippen LogP contribution in [0.25, 0.3) is 0 Å². The van der Waals surface area contributed by atoms with Crippen LogP contribution < -0.4 is 5.32 Å². The lowest BCUT2D eigenvalue weighted by Gasteiger charge is -2.28. The standard InChI is InChI=1S/C17H22F3NO2/c1-23-12-16(8-2-3-9-16)11-21-15(22)10-13-4-6-14(7-5-13)17(18,19)20/h4-7H,2-3,8-12H2,1H3,(H,21,22). The van der Waals surface area contributed by atoms with E-state index in [-0.39, 0.29) is 17.7 Å². The molecule has 1 aliphatic carbocycles. The van der Waals surface area contributed by atoms with E-state index in [9.17, 15) is 18.0 Å². The van der Waals surface area contributed by atoms with Crippen LogP contribution in [0.15, 0.2) is 24.3 Å². The monoisotopic (exact) mass is 329 g/mol. The van der Waals surface area contributed by atoms with Crippen molar-refractivity contribution >= 4 is 5.91 Å². The van der Waals surface area contributed by atoms with Crippen LogP contribution in [0.5, 0.6) is 0 Å². The molecule has 0 aromatic heterocycles. The molecule has 1 fully saturated rings. The van der Waals surface area contributed by atoms with E-state index in [4.69, 9.17) is 4.74 Å². The molecule has 1 saturated carbocycles. The highest BCUT2D eigenvalue weighted by Crippen LogP contribution is 2.37. The van der Waals surface area contributed by atoms with Gasteiger partial charge in [0.25, 0.3) is 0 Å². The highest BCUT2D eigenvalue weighted by Gasteiger charge is 2.34. The molecule has 6 heteroatoms. The van der Waals surface area contributed by atoms with Crippen molar-refractivity contribution in [3.63, 3.8) is 0 Å². The SMILES string of the molecule is COCC1(CNC(=O)Cc2ccc(C(F)(F)F)cc2)CCCC1. The first kappa shape index (κ1) is 17.8. The van der Waals surface area contributed by atoms with Gasteiger partial charge in [0, 0.05) is 19.1 Å². The Labute approximate surface area is 134 Å². The number of alkyl halides is 3. The largest absolute Gasteiger partial charge is 0.416 e. The van der Waals surface area contributed by atoms with E-state index >= 15 is 0 Å². The molecule has 23 heavy (non-hydrogen) atoms. The van der Waals surface area contributed by atoms with Crippen LogP contribution >= 0.6 is 0 Å². The van der Waals surface area contributed by atoms with Crippen molar-refractivity contribution in [2.45, 2.75) is 38.3 Å². The van der Waals surface area contributed by atoms with E-state index in [1.54, 1.807) is 7.11 Å². The number of halogens is 3. The fraction of sp³-hybridized carbons (Fsp3) is 0.588. The molecule has 1 aromatic carbocycles. The summed E-state index contributed by atoms with van der Waals surface area (Å²) in [6, 6.07) is 4.71. The summed E-state index contributed by atoms with van der Waals surface area (Å²) in [5, 5.41) is 2.90. The second-order valence-electron chi connectivity index (χ2n) is 6.29. The molecule has 1 aromatic rings. The van der Waals surface area contributed by atoms with Crippen LogP contribution in [0.3, 0.4) is 0 Å². The average molecular weight is 329 g/mol. The number of benzene rings is 1. The van der Waals surface area contributed by atoms with Gasteiger partial charge in [-0.3, -0.25) is 4.79 Å². The average Bonchev–Trinajstić information content (AvgIpc) is 2.94. The summed E-state index contributed by atoms with van der Waals surface area (Å²) in [7, 11) is 1.66. The zero-order valence-corrected chi connectivity index (χ0v) is 13.2. The normalized spacial score (nSPS) is 17.2. The topological polar surface area (TPSA) is 38.3 Å². The molecule has 0 atom stereocenters. The predicted octanol–water partition coefficient (Wildman–Crippen LogP) is 3.57. The Kier molecular flexibility index (Phi) is 5.68. The minimum atomic E-state index is -4.35. The zero-order chi connectivity index (χ0) is 16.9. The smallest absolute Gasteiger partial charge is 0.384 e. The molecule has 0 aliphatic heterocycles. The molecule has 128 valence electrons. The van der Waals surface area contributed by atoms with Crippen molar-refractivity contribution < 1.29 is 22.7 Å². The van der Waals surface area contributed by atoms with E-state index in [0.29, 0.717) is 18.7 Å². The molecule has 0 bridgehead atoms. The van der Waals surface area contributed by atoms with Crippen LogP contribution in [-0.2, 0) is 22.1 Å². The molecule has 0 saturated heterocycles. The van der Waals surface area contributed by atoms with Crippen LogP contribution in [0.1, 0.15) is 36.8 Å². The summed E-state index contributed by atoms with van der Waals surface area (Å²) in [4.78, 5) is 12.0. The Morgan fingerprint density at radius 3 is 2.35 bits per heavy atom. The molecule has 2 rings (SSSR count). The summed E-state index contributed by atoms with van der Waals surface area (Å²) in [6.07, 6.45) is 0.0655. The van der Waals surface area contributed by atoms with Crippen molar-refractivity contribution in [2.75, 3.05) is 20.3 Å². The van der Waals surface area contributed by atoms with Gasteiger partial charge in [-0.05, 0) is 30.5 Å². The summed E-state index contributed by atoms with van der Waals surface area (Å²) in [5.41, 5.74) is -0.126. The highest BCUT2D eigenvalue weighted by molar-refractivity contribution is 5.78. The molecule has 0 radical (unpaired) electrons. The second kappa shape index (κ2) is 7.34. The molecular weight excluding hydrogens is 307 g/mol. The van der Waals surface area contributed by atoms with Gasteiger partial charge in [-0.1, -0.05) is 25.0 Å². The summed E-state index contributed by atoms with van der Waals surface area (Å²) < 4.78 is 42.8. The number of rotatable bonds is 6. The number of hydrogen-bond donors (Lipinski definition) is 1. The third-order valence-corrected chi connectivity index (χ3v) is 4.42. The molecule has 1 N–H and O–H groups in total. The van der Waals surface area contributed by atoms with Gasteiger partial charge in [-0.2, -0.15) is 13.2 Å². The number of ether oxygens (including phenoxy) is 1. The molecule has 1 aliphatic rings. The van der Waals surface area contributed by atoms with Crippen molar-refractivity contribution in [3.05, 3.63) is 35.4 Å². The third-order valence-electron chi connectivity index (χ3n) is 4.42. The predicted molar refractivity (Wildman–Crippen MR) is 80.9 cm³/mol. The van der Waals surface area contributed by atoms with Crippen molar-refractivity contribution in [3.8, 4) is 0 Å². The maximum atomic E-state index is 12.5. The molecule has 0 heterocycles.